The van der Waals surface area contributed by atoms with Crippen molar-refractivity contribution in [2.75, 3.05) is 17.6 Å². The van der Waals surface area contributed by atoms with Crippen LogP contribution < -0.4 is 11.1 Å². The first-order valence-corrected chi connectivity index (χ1v) is 6.54. The molecule has 0 aromatic carbocycles. The molecule has 0 spiro atoms. The quantitative estimate of drug-likeness (QED) is 0.801. The Balaban J connectivity index is 2.14. The molecule has 0 atom stereocenters. The summed E-state index contributed by atoms with van der Waals surface area (Å²) in [4.78, 5) is 9.36. The average Bonchev–Trinajstić information content (AvgIpc) is 2.71. The van der Waals surface area contributed by atoms with Gasteiger partial charge in [-0.1, -0.05) is 18.7 Å². The number of nitrogens with zero attached hydrogens (tertiary/aromatic N) is 4. The highest BCUT2D eigenvalue weighted by molar-refractivity contribution is 7.99. The molecule has 6 nitrogen and oxygen atoms in total. The van der Waals surface area contributed by atoms with Crippen LogP contribution in [0, 0.1) is 0 Å². The molecule has 0 radical (unpaired) electrons. The summed E-state index contributed by atoms with van der Waals surface area (Å²) in [5, 5.41) is 8.13. The summed E-state index contributed by atoms with van der Waals surface area (Å²) in [5.74, 6) is 1.04. The number of hydrogen-bond acceptors (Lipinski definition) is 6. The number of rotatable bonds is 5. The van der Waals surface area contributed by atoms with Crippen molar-refractivity contribution in [1.29, 1.82) is 0 Å². The highest BCUT2D eigenvalue weighted by atomic mass is 32.2. The van der Waals surface area contributed by atoms with Gasteiger partial charge < -0.3 is 11.1 Å². The van der Waals surface area contributed by atoms with Crippen molar-refractivity contribution < 1.29 is 0 Å². The third kappa shape index (κ3) is 3.36. The molecular formula is C11H16N6S. The van der Waals surface area contributed by atoms with Gasteiger partial charge >= 0.3 is 0 Å². The van der Waals surface area contributed by atoms with Gasteiger partial charge in [-0.3, -0.25) is 4.68 Å². The van der Waals surface area contributed by atoms with Gasteiger partial charge in [0.25, 0.3) is 0 Å². The first-order chi connectivity index (χ1) is 8.67. The van der Waals surface area contributed by atoms with Crippen LogP contribution >= 0.6 is 11.8 Å². The van der Waals surface area contributed by atoms with Crippen molar-refractivity contribution in [3.05, 3.63) is 18.5 Å². The van der Waals surface area contributed by atoms with E-state index in [-0.39, 0.29) is 5.95 Å². The summed E-state index contributed by atoms with van der Waals surface area (Å²) < 4.78 is 1.75. The molecule has 0 unspecified atom stereocenters. The number of anilines is 2. The fourth-order valence-corrected chi connectivity index (χ4v) is 2.27. The Morgan fingerprint density at radius 1 is 1.44 bits per heavy atom. The van der Waals surface area contributed by atoms with Gasteiger partial charge in [-0.25, -0.2) is 4.98 Å². The first kappa shape index (κ1) is 12.7. The number of nitrogen functional groups attached to an aromatic ring is 1. The Kier molecular flexibility index (Phi) is 4.03. The summed E-state index contributed by atoms with van der Waals surface area (Å²) in [5.41, 5.74) is 5.69. The first-order valence-electron chi connectivity index (χ1n) is 5.72. The van der Waals surface area contributed by atoms with E-state index >= 15 is 0 Å². The van der Waals surface area contributed by atoms with Crippen molar-refractivity contribution in [3.63, 3.8) is 0 Å². The molecule has 96 valence electrons. The van der Waals surface area contributed by atoms with Crippen molar-refractivity contribution in [3.8, 4) is 0 Å². The van der Waals surface area contributed by atoms with Crippen LogP contribution in [0.4, 0.5) is 11.8 Å². The van der Waals surface area contributed by atoms with Gasteiger partial charge in [0.1, 0.15) is 10.8 Å². The Morgan fingerprint density at radius 2 is 2.28 bits per heavy atom. The van der Waals surface area contributed by atoms with Gasteiger partial charge in [-0.15, -0.1) is 0 Å². The lowest BCUT2D eigenvalue weighted by molar-refractivity contribution is 0.766. The Bertz CT molecular complexity index is 524. The molecule has 0 bridgehead atoms. The fourth-order valence-electron chi connectivity index (χ4n) is 1.41. The number of aromatic nitrogens is 4. The standard InChI is InChI=1S/C11H16N6S/c1-3-4-13-9-5-10(16-11(12)15-9)18-8-6-14-17(2)7-8/h5-7H,3-4H2,1-2H3,(H3,12,13,15,16). The predicted octanol–water partition coefficient (Wildman–Crippen LogP) is 1.77. The number of nitrogens with two attached hydrogens (primary N) is 1. The van der Waals surface area contributed by atoms with E-state index in [1.807, 2.05) is 19.3 Å². The topological polar surface area (TPSA) is 81.7 Å². The number of nitrogens with one attached hydrogen (secondary N) is 1. The smallest absolute Gasteiger partial charge is 0.223 e. The van der Waals surface area contributed by atoms with Gasteiger partial charge in [0.05, 0.1) is 11.1 Å². The van der Waals surface area contributed by atoms with Crippen LogP contribution in [0.3, 0.4) is 0 Å². The van der Waals surface area contributed by atoms with Crippen LogP contribution in [0.2, 0.25) is 0 Å². The Morgan fingerprint density at radius 3 is 2.94 bits per heavy atom. The Hall–Kier alpha value is -1.76. The monoisotopic (exact) mass is 264 g/mol. The molecule has 2 heterocycles. The molecule has 0 aliphatic rings. The molecule has 2 aromatic heterocycles. The van der Waals surface area contributed by atoms with Crippen molar-refractivity contribution in [2.24, 2.45) is 7.05 Å². The molecule has 0 aliphatic heterocycles. The minimum Gasteiger partial charge on any atom is -0.370 e. The van der Waals surface area contributed by atoms with Crippen molar-refractivity contribution >= 4 is 23.5 Å². The maximum absolute atomic E-state index is 5.69. The number of aryl methyl sites for hydroxylation is 1. The van der Waals surface area contributed by atoms with Crippen LogP contribution in [-0.2, 0) is 7.05 Å². The molecule has 3 N–H and O–H groups in total. The largest absolute Gasteiger partial charge is 0.370 e. The zero-order valence-electron chi connectivity index (χ0n) is 10.4. The second-order valence-corrected chi connectivity index (χ2v) is 4.92. The van der Waals surface area contributed by atoms with Crippen LogP contribution in [0.1, 0.15) is 13.3 Å². The molecule has 18 heavy (non-hydrogen) atoms. The van der Waals surface area contributed by atoms with Gasteiger partial charge in [-0.05, 0) is 6.42 Å². The minimum absolute atomic E-state index is 0.280. The molecule has 0 saturated heterocycles. The summed E-state index contributed by atoms with van der Waals surface area (Å²) >= 11 is 1.52. The molecule has 2 rings (SSSR count). The van der Waals surface area contributed by atoms with Crippen LogP contribution in [0.25, 0.3) is 0 Å². The van der Waals surface area contributed by atoms with E-state index in [9.17, 15) is 0 Å². The van der Waals surface area contributed by atoms with E-state index in [2.05, 4.69) is 27.3 Å². The van der Waals surface area contributed by atoms with Gasteiger partial charge in [0.15, 0.2) is 0 Å². The van der Waals surface area contributed by atoms with Crippen molar-refractivity contribution in [2.45, 2.75) is 23.3 Å². The fraction of sp³-hybridized carbons (Fsp3) is 0.364. The summed E-state index contributed by atoms with van der Waals surface area (Å²) in [6.45, 7) is 2.97. The van der Waals surface area contributed by atoms with Crippen LogP contribution in [-0.4, -0.2) is 26.3 Å². The van der Waals surface area contributed by atoms with Crippen LogP contribution in [0.15, 0.2) is 28.4 Å². The molecule has 2 aromatic rings. The Labute approximate surface area is 110 Å². The van der Waals surface area contributed by atoms with E-state index in [1.54, 1.807) is 10.9 Å². The third-order valence-electron chi connectivity index (χ3n) is 2.18. The highest BCUT2D eigenvalue weighted by Crippen LogP contribution is 2.27. The van der Waals surface area contributed by atoms with Crippen molar-refractivity contribution in [1.82, 2.24) is 19.7 Å². The molecule has 0 amide bonds. The van der Waals surface area contributed by atoms with E-state index in [0.29, 0.717) is 0 Å². The van der Waals surface area contributed by atoms with E-state index < -0.39 is 0 Å². The lowest BCUT2D eigenvalue weighted by Crippen LogP contribution is -2.05. The lowest BCUT2D eigenvalue weighted by atomic mass is 10.4. The van der Waals surface area contributed by atoms with E-state index in [0.717, 1.165) is 28.7 Å². The van der Waals surface area contributed by atoms with Crippen LogP contribution in [0.5, 0.6) is 0 Å². The maximum Gasteiger partial charge on any atom is 0.223 e. The predicted molar refractivity (Wildman–Crippen MR) is 72.6 cm³/mol. The summed E-state index contributed by atoms with van der Waals surface area (Å²) in [7, 11) is 1.88. The van der Waals surface area contributed by atoms with Gasteiger partial charge in [-0.2, -0.15) is 10.1 Å². The summed E-state index contributed by atoms with van der Waals surface area (Å²) in [6, 6.07) is 1.89. The second-order valence-electron chi connectivity index (χ2n) is 3.83. The molecule has 0 aliphatic carbocycles. The SMILES string of the molecule is CCCNc1cc(Sc2cnn(C)c2)nc(N)n1. The third-order valence-corrected chi connectivity index (χ3v) is 3.04. The zero-order valence-corrected chi connectivity index (χ0v) is 11.2. The molecule has 7 heteroatoms. The molecular weight excluding hydrogens is 248 g/mol. The van der Waals surface area contributed by atoms with Gasteiger partial charge in [0.2, 0.25) is 5.95 Å². The lowest BCUT2D eigenvalue weighted by Gasteiger charge is -2.06. The summed E-state index contributed by atoms with van der Waals surface area (Å²) in [6.07, 6.45) is 4.76. The normalized spacial score (nSPS) is 10.6. The van der Waals surface area contributed by atoms with E-state index in [1.165, 1.54) is 11.8 Å². The van der Waals surface area contributed by atoms with Gasteiger partial charge in [0, 0.05) is 25.9 Å². The average molecular weight is 264 g/mol. The number of hydrogen-bond donors (Lipinski definition) is 2. The molecule has 0 saturated carbocycles. The molecule has 0 fully saturated rings. The minimum atomic E-state index is 0.280. The highest BCUT2D eigenvalue weighted by Gasteiger charge is 2.05. The maximum atomic E-state index is 5.69. The zero-order chi connectivity index (χ0) is 13.0. The van der Waals surface area contributed by atoms with E-state index in [4.69, 9.17) is 5.73 Å². The second kappa shape index (κ2) is 5.72.